The molecule has 1 N–H and O–H groups in total. The van der Waals surface area contributed by atoms with Gasteiger partial charge >= 0.3 is 0 Å². The molecule has 0 aliphatic heterocycles. The second kappa shape index (κ2) is 7.72. The lowest BCUT2D eigenvalue weighted by Crippen LogP contribution is -2.40. The Balaban J connectivity index is 2.27. The van der Waals surface area contributed by atoms with Crippen molar-refractivity contribution in [3.8, 4) is 0 Å². The van der Waals surface area contributed by atoms with Gasteiger partial charge in [-0.2, -0.15) is 0 Å². The van der Waals surface area contributed by atoms with Crippen LogP contribution in [0.4, 0.5) is 14.5 Å². The van der Waals surface area contributed by atoms with Crippen LogP contribution in [0.1, 0.15) is 18.1 Å². The lowest BCUT2D eigenvalue weighted by atomic mass is 9.94. The third-order valence-corrected chi connectivity index (χ3v) is 4.01. The van der Waals surface area contributed by atoms with Crippen LogP contribution in [0.2, 0.25) is 0 Å². The molecule has 0 aliphatic rings. The number of benzene rings is 2. The molecule has 0 aromatic heterocycles. The lowest BCUT2D eigenvalue weighted by molar-refractivity contribution is -0.137. The highest BCUT2D eigenvalue weighted by atomic mass is 19.1. The van der Waals surface area contributed by atoms with Gasteiger partial charge in [0.05, 0.1) is 5.69 Å². The fourth-order valence-electron chi connectivity index (χ4n) is 2.54. The van der Waals surface area contributed by atoms with Gasteiger partial charge in [0.2, 0.25) is 0 Å². The Labute approximate surface area is 146 Å². The van der Waals surface area contributed by atoms with Crippen LogP contribution in [0.15, 0.2) is 42.5 Å². The number of rotatable bonds is 6. The number of anilines is 1. The Morgan fingerprint density at radius 3 is 2.40 bits per heavy atom. The molecule has 2 aromatic rings. The highest BCUT2D eigenvalue weighted by Crippen LogP contribution is 2.29. The van der Waals surface area contributed by atoms with Gasteiger partial charge in [-0.25, -0.2) is 8.78 Å². The van der Waals surface area contributed by atoms with Crippen LogP contribution in [0.25, 0.3) is 0 Å². The Morgan fingerprint density at radius 1 is 1.16 bits per heavy atom. The van der Waals surface area contributed by atoms with Crippen molar-refractivity contribution in [1.29, 1.82) is 0 Å². The zero-order chi connectivity index (χ0) is 18.6. The average molecular weight is 348 g/mol. The van der Waals surface area contributed by atoms with Crippen molar-refractivity contribution in [2.45, 2.75) is 19.1 Å². The van der Waals surface area contributed by atoms with Crippen molar-refractivity contribution in [2.24, 2.45) is 0 Å². The number of amides is 1. The van der Waals surface area contributed by atoms with E-state index in [1.807, 2.05) is 19.0 Å². The number of nitrogens with zero attached hydrogens (tertiary/aromatic N) is 1. The normalized spacial score (nSPS) is 13.6. The first-order chi connectivity index (χ1) is 11.8. The first kappa shape index (κ1) is 19.0. The van der Waals surface area contributed by atoms with E-state index >= 15 is 0 Å². The monoisotopic (exact) mass is 348 g/mol. The summed E-state index contributed by atoms with van der Waals surface area (Å²) >= 11 is 0. The summed E-state index contributed by atoms with van der Waals surface area (Å²) in [5.41, 5.74) is -0.698. The van der Waals surface area contributed by atoms with Crippen LogP contribution in [0.5, 0.6) is 0 Å². The number of nitrogens with one attached hydrogen (secondary N) is 1. The Morgan fingerprint density at radius 2 is 1.84 bits per heavy atom. The standard InChI is InChI=1S/C19H22F2N2O2/c1-19(25-4,14-7-5-6-8-15(14)20)18(24)22-17-10-9-13(11-16(17)21)12-23(2)3/h5-11H,12H2,1-4H3,(H,22,24). The summed E-state index contributed by atoms with van der Waals surface area (Å²) in [6, 6.07) is 10.4. The number of carbonyl (C=O) groups is 1. The Bertz CT molecular complexity index is 765. The molecule has 0 fully saturated rings. The van der Waals surface area contributed by atoms with Crippen molar-refractivity contribution in [1.82, 2.24) is 4.90 Å². The molecule has 0 heterocycles. The third kappa shape index (κ3) is 4.21. The fourth-order valence-corrected chi connectivity index (χ4v) is 2.54. The minimum Gasteiger partial charge on any atom is -0.364 e. The van der Waals surface area contributed by atoms with Crippen molar-refractivity contribution in [2.75, 3.05) is 26.5 Å². The molecule has 134 valence electrons. The Kier molecular flexibility index (Phi) is 5.87. The number of hydrogen-bond donors (Lipinski definition) is 1. The topological polar surface area (TPSA) is 41.6 Å². The molecule has 0 aliphatic carbocycles. The summed E-state index contributed by atoms with van der Waals surface area (Å²) in [5, 5.41) is 2.49. The first-order valence-corrected chi connectivity index (χ1v) is 7.82. The second-order valence-corrected chi connectivity index (χ2v) is 6.22. The summed E-state index contributed by atoms with van der Waals surface area (Å²) in [6.45, 7) is 2.02. The van der Waals surface area contributed by atoms with Gasteiger partial charge in [0.25, 0.3) is 5.91 Å². The van der Waals surface area contributed by atoms with Gasteiger partial charge in [-0.15, -0.1) is 0 Å². The molecule has 0 saturated carbocycles. The maximum Gasteiger partial charge on any atom is 0.261 e. The minimum absolute atomic E-state index is 0.0205. The summed E-state index contributed by atoms with van der Waals surface area (Å²) < 4.78 is 33.6. The van der Waals surface area contributed by atoms with Crippen LogP contribution in [0.3, 0.4) is 0 Å². The molecule has 4 nitrogen and oxygen atoms in total. The predicted molar refractivity (Wildman–Crippen MR) is 93.2 cm³/mol. The summed E-state index contributed by atoms with van der Waals surface area (Å²) in [7, 11) is 5.07. The highest BCUT2D eigenvalue weighted by molar-refractivity contribution is 5.97. The van der Waals surface area contributed by atoms with Crippen molar-refractivity contribution in [3.63, 3.8) is 0 Å². The van der Waals surface area contributed by atoms with Crippen molar-refractivity contribution in [3.05, 3.63) is 65.2 Å². The van der Waals surface area contributed by atoms with Crippen LogP contribution >= 0.6 is 0 Å². The molecular formula is C19H22F2N2O2. The minimum atomic E-state index is -1.58. The molecule has 0 bridgehead atoms. The van der Waals surface area contributed by atoms with E-state index in [0.29, 0.717) is 6.54 Å². The highest BCUT2D eigenvalue weighted by Gasteiger charge is 2.38. The van der Waals surface area contributed by atoms with Crippen LogP contribution in [0, 0.1) is 11.6 Å². The van der Waals surface area contributed by atoms with E-state index in [1.54, 1.807) is 12.1 Å². The molecule has 1 unspecified atom stereocenters. The zero-order valence-electron chi connectivity index (χ0n) is 14.8. The zero-order valence-corrected chi connectivity index (χ0v) is 14.8. The summed E-state index contributed by atoms with van der Waals surface area (Å²) in [4.78, 5) is 14.6. The van der Waals surface area contributed by atoms with Gasteiger partial charge in [0.1, 0.15) is 11.6 Å². The number of methoxy groups -OCH3 is 1. The number of carbonyl (C=O) groups excluding carboxylic acids is 1. The summed E-state index contributed by atoms with van der Waals surface area (Å²) in [5.74, 6) is -1.78. The molecule has 0 radical (unpaired) electrons. The molecule has 6 heteroatoms. The largest absolute Gasteiger partial charge is 0.364 e. The third-order valence-electron chi connectivity index (χ3n) is 4.01. The van der Waals surface area contributed by atoms with Crippen molar-refractivity contribution >= 4 is 11.6 Å². The van der Waals surface area contributed by atoms with Gasteiger partial charge < -0.3 is 15.0 Å². The second-order valence-electron chi connectivity index (χ2n) is 6.22. The molecule has 25 heavy (non-hydrogen) atoms. The van der Waals surface area contributed by atoms with E-state index in [-0.39, 0.29) is 11.3 Å². The van der Waals surface area contributed by atoms with Crippen LogP contribution < -0.4 is 5.32 Å². The van der Waals surface area contributed by atoms with E-state index < -0.39 is 23.1 Å². The maximum absolute atomic E-state index is 14.3. The SMILES string of the molecule is COC(C)(C(=O)Nc1ccc(CN(C)C)cc1F)c1ccccc1F. The molecule has 2 rings (SSSR count). The summed E-state index contributed by atoms with van der Waals surface area (Å²) in [6.07, 6.45) is 0. The van der Waals surface area contributed by atoms with Crippen LogP contribution in [-0.2, 0) is 21.7 Å². The van der Waals surface area contributed by atoms with E-state index in [9.17, 15) is 13.6 Å². The first-order valence-electron chi connectivity index (χ1n) is 7.82. The predicted octanol–water partition coefficient (Wildman–Crippen LogP) is 3.53. The molecular weight excluding hydrogens is 326 g/mol. The quantitative estimate of drug-likeness (QED) is 0.868. The van der Waals surface area contributed by atoms with Gasteiger partial charge in [-0.05, 0) is 44.8 Å². The lowest BCUT2D eigenvalue weighted by Gasteiger charge is -2.27. The van der Waals surface area contributed by atoms with E-state index in [1.165, 1.54) is 44.4 Å². The van der Waals surface area contributed by atoms with E-state index in [4.69, 9.17) is 4.74 Å². The van der Waals surface area contributed by atoms with Gasteiger partial charge in [-0.1, -0.05) is 24.3 Å². The van der Waals surface area contributed by atoms with Gasteiger partial charge in [0.15, 0.2) is 5.60 Å². The average Bonchev–Trinajstić information content (AvgIpc) is 2.56. The Hall–Kier alpha value is -2.31. The molecule has 0 saturated heterocycles. The van der Waals surface area contributed by atoms with E-state index in [0.717, 1.165) is 5.56 Å². The fraction of sp³-hybridized carbons (Fsp3) is 0.316. The molecule has 0 spiro atoms. The number of halogens is 2. The van der Waals surface area contributed by atoms with Gasteiger partial charge in [-0.3, -0.25) is 4.79 Å². The van der Waals surface area contributed by atoms with Crippen molar-refractivity contribution < 1.29 is 18.3 Å². The molecule has 1 atom stereocenters. The molecule has 2 aromatic carbocycles. The van der Waals surface area contributed by atoms with Crippen LogP contribution in [-0.4, -0.2) is 32.0 Å². The van der Waals surface area contributed by atoms with E-state index in [2.05, 4.69) is 5.32 Å². The number of ether oxygens (including phenoxy) is 1. The van der Waals surface area contributed by atoms with Gasteiger partial charge in [0, 0.05) is 19.2 Å². The number of hydrogen-bond acceptors (Lipinski definition) is 3. The molecule has 1 amide bonds. The smallest absolute Gasteiger partial charge is 0.261 e. The maximum atomic E-state index is 14.3.